The number of hydrogen-bond acceptors (Lipinski definition) is 1. The summed E-state index contributed by atoms with van der Waals surface area (Å²) in [6.45, 7) is 13.6. The van der Waals surface area contributed by atoms with Crippen molar-refractivity contribution in [3.05, 3.63) is 97.6 Å². The van der Waals surface area contributed by atoms with Crippen LogP contribution in [-0.2, 0) is 5.60 Å². The SMILES string of the molecule is [CH2]/C=C(\CC(C)(O)c1ccccc1[CH2])c1cccc([CH2])c1. The van der Waals surface area contributed by atoms with Crippen LogP contribution in [-0.4, -0.2) is 5.11 Å². The van der Waals surface area contributed by atoms with Gasteiger partial charge in [-0.05, 0) is 55.5 Å². The molecule has 1 heteroatoms. The zero-order valence-corrected chi connectivity index (χ0v) is 12.5. The highest BCUT2D eigenvalue weighted by atomic mass is 16.3. The van der Waals surface area contributed by atoms with E-state index >= 15 is 0 Å². The number of rotatable bonds is 4. The molecule has 0 amide bonds. The molecule has 0 aliphatic rings. The van der Waals surface area contributed by atoms with Crippen LogP contribution in [0.1, 0.15) is 35.6 Å². The lowest BCUT2D eigenvalue weighted by atomic mass is 9.84. The number of aliphatic hydroxyl groups is 1. The number of hydrogen-bond donors (Lipinski definition) is 1. The van der Waals surface area contributed by atoms with Crippen LogP contribution in [0.3, 0.4) is 0 Å². The Morgan fingerprint density at radius 2 is 1.86 bits per heavy atom. The Hall–Kier alpha value is -1.86. The van der Waals surface area contributed by atoms with Crippen LogP contribution in [0.5, 0.6) is 0 Å². The molecule has 0 saturated heterocycles. The van der Waals surface area contributed by atoms with Crippen LogP contribution in [0.15, 0.2) is 54.6 Å². The Morgan fingerprint density at radius 3 is 2.48 bits per heavy atom. The third kappa shape index (κ3) is 3.62. The Morgan fingerprint density at radius 1 is 1.14 bits per heavy atom. The minimum absolute atomic E-state index is 0.479. The van der Waals surface area contributed by atoms with Gasteiger partial charge < -0.3 is 5.11 Å². The molecular weight excluding hydrogens is 256 g/mol. The van der Waals surface area contributed by atoms with Gasteiger partial charge in [0.05, 0.1) is 5.60 Å². The van der Waals surface area contributed by atoms with Crippen LogP contribution in [0.2, 0.25) is 0 Å². The van der Waals surface area contributed by atoms with Gasteiger partial charge in [-0.1, -0.05) is 54.6 Å². The van der Waals surface area contributed by atoms with Gasteiger partial charge >= 0.3 is 0 Å². The van der Waals surface area contributed by atoms with E-state index in [1.54, 1.807) is 6.08 Å². The molecule has 107 valence electrons. The predicted molar refractivity (Wildman–Crippen MR) is 89.3 cm³/mol. The van der Waals surface area contributed by atoms with E-state index in [-0.39, 0.29) is 0 Å². The second-order valence-corrected chi connectivity index (χ2v) is 5.54. The van der Waals surface area contributed by atoms with Crippen LogP contribution in [0.25, 0.3) is 5.57 Å². The molecule has 0 aliphatic heterocycles. The van der Waals surface area contributed by atoms with E-state index in [1.807, 2.05) is 55.5 Å². The molecule has 0 aromatic heterocycles. The first-order valence-corrected chi connectivity index (χ1v) is 6.98. The Labute approximate surface area is 128 Å². The average molecular weight is 277 g/mol. The molecule has 0 heterocycles. The molecule has 2 aromatic rings. The van der Waals surface area contributed by atoms with Crippen molar-refractivity contribution in [1.82, 2.24) is 0 Å². The van der Waals surface area contributed by atoms with Gasteiger partial charge in [-0.3, -0.25) is 0 Å². The summed E-state index contributed by atoms with van der Waals surface area (Å²) in [6, 6.07) is 15.6. The zero-order valence-electron chi connectivity index (χ0n) is 12.5. The molecular formula is C20H21O. The van der Waals surface area contributed by atoms with Crippen molar-refractivity contribution in [3.8, 4) is 0 Å². The maximum absolute atomic E-state index is 10.9. The summed E-state index contributed by atoms with van der Waals surface area (Å²) in [4.78, 5) is 0. The van der Waals surface area contributed by atoms with Crippen LogP contribution < -0.4 is 0 Å². The topological polar surface area (TPSA) is 20.2 Å². The van der Waals surface area contributed by atoms with Gasteiger partial charge in [0.2, 0.25) is 0 Å². The lowest BCUT2D eigenvalue weighted by Crippen LogP contribution is -2.22. The number of benzene rings is 2. The fourth-order valence-corrected chi connectivity index (χ4v) is 2.57. The monoisotopic (exact) mass is 277 g/mol. The van der Waals surface area contributed by atoms with Crippen molar-refractivity contribution in [1.29, 1.82) is 0 Å². The van der Waals surface area contributed by atoms with E-state index in [9.17, 15) is 5.11 Å². The normalized spacial score (nSPS) is 14.8. The molecule has 1 nitrogen and oxygen atoms in total. The van der Waals surface area contributed by atoms with Gasteiger partial charge in [-0.25, -0.2) is 0 Å². The highest BCUT2D eigenvalue weighted by Gasteiger charge is 2.26. The fraction of sp³-hybridized carbons (Fsp3) is 0.150. The number of allylic oxidation sites excluding steroid dienone is 1. The van der Waals surface area contributed by atoms with E-state index in [0.29, 0.717) is 6.42 Å². The maximum atomic E-state index is 10.9. The lowest BCUT2D eigenvalue weighted by Gasteiger charge is -2.27. The minimum atomic E-state index is -0.987. The van der Waals surface area contributed by atoms with Crippen LogP contribution in [0.4, 0.5) is 0 Å². The second-order valence-electron chi connectivity index (χ2n) is 5.54. The third-order valence-corrected chi connectivity index (χ3v) is 3.68. The summed E-state index contributed by atoms with van der Waals surface area (Å²) in [5.41, 5.74) is 3.68. The average Bonchev–Trinajstić information content (AvgIpc) is 2.45. The highest BCUT2D eigenvalue weighted by molar-refractivity contribution is 5.68. The van der Waals surface area contributed by atoms with E-state index in [1.165, 1.54) is 0 Å². The molecule has 0 spiro atoms. The van der Waals surface area contributed by atoms with Gasteiger partial charge in [0, 0.05) is 6.42 Å². The van der Waals surface area contributed by atoms with Gasteiger partial charge in [0.1, 0.15) is 0 Å². The van der Waals surface area contributed by atoms with Crippen molar-refractivity contribution in [2.45, 2.75) is 18.9 Å². The Kier molecular flexibility index (Phi) is 4.64. The van der Waals surface area contributed by atoms with E-state index in [0.717, 1.165) is 27.8 Å². The molecule has 1 N–H and O–H groups in total. The van der Waals surface area contributed by atoms with Gasteiger partial charge in [0.25, 0.3) is 0 Å². The first kappa shape index (κ1) is 15.5. The fourth-order valence-electron chi connectivity index (χ4n) is 2.57. The molecule has 2 aromatic carbocycles. The van der Waals surface area contributed by atoms with Crippen molar-refractivity contribution in [2.24, 2.45) is 0 Å². The summed E-state index contributed by atoms with van der Waals surface area (Å²) in [5, 5.41) is 10.9. The van der Waals surface area contributed by atoms with Crippen LogP contribution >= 0.6 is 0 Å². The molecule has 1 atom stereocenters. The van der Waals surface area contributed by atoms with Crippen molar-refractivity contribution < 1.29 is 5.11 Å². The Balaban J connectivity index is 2.32. The molecule has 0 bridgehead atoms. The summed E-state index contributed by atoms with van der Waals surface area (Å²) in [7, 11) is 0. The third-order valence-electron chi connectivity index (χ3n) is 3.68. The van der Waals surface area contributed by atoms with Gasteiger partial charge in [-0.15, -0.1) is 0 Å². The summed E-state index contributed by atoms with van der Waals surface area (Å²) in [5.74, 6) is 0. The van der Waals surface area contributed by atoms with Crippen LogP contribution in [0, 0.1) is 20.8 Å². The second kappa shape index (κ2) is 6.28. The zero-order chi connectivity index (χ0) is 15.5. The smallest absolute Gasteiger partial charge is 0.0911 e. The quantitative estimate of drug-likeness (QED) is 0.868. The molecule has 0 fully saturated rings. The van der Waals surface area contributed by atoms with E-state index in [2.05, 4.69) is 20.8 Å². The van der Waals surface area contributed by atoms with Gasteiger partial charge in [0.15, 0.2) is 0 Å². The first-order valence-electron chi connectivity index (χ1n) is 6.98. The van der Waals surface area contributed by atoms with E-state index in [4.69, 9.17) is 0 Å². The minimum Gasteiger partial charge on any atom is -0.385 e. The lowest BCUT2D eigenvalue weighted by molar-refractivity contribution is 0.0627. The van der Waals surface area contributed by atoms with Crippen molar-refractivity contribution >= 4 is 5.57 Å². The maximum Gasteiger partial charge on any atom is 0.0911 e. The summed E-state index contributed by atoms with van der Waals surface area (Å²) >= 11 is 0. The predicted octanol–water partition coefficient (Wildman–Crippen LogP) is 4.57. The van der Waals surface area contributed by atoms with Gasteiger partial charge in [-0.2, -0.15) is 0 Å². The summed E-state index contributed by atoms with van der Waals surface area (Å²) in [6.07, 6.45) is 2.28. The summed E-state index contributed by atoms with van der Waals surface area (Å²) < 4.78 is 0. The molecule has 0 saturated carbocycles. The molecule has 0 aliphatic carbocycles. The largest absolute Gasteiger partial charge is 0.385 e. The first-order chi connectivity index (χ1) is 9.94. The molecule has 1 unspecified atom stereocenters. The molecule has 3 radical (unpaired) electrons. The molecule has 2 rings (SSSR count). The standard InChI is InChI=1S/C20H21O/c1-5-17(18-11-8-9-15(2)13-18)14-20(4,21)19-12-7-6-10-16(19)3/h5-13,21H,1-3,14H2,4H3/b17-5+. The molecule has 21 heavy (non-hydrogen) atoms. The van der Waals surface area contributed by atoms with E-state index < -0.39 is 5.60 Å². The van der Waals surface area contributed by atoms with Crippen molar-refractivity contribution in [3.63, 3.8) is 0 Å². The van der Waals surface area contributed by atoms with Crippen molar-refractivity contribution in [2.75, 3.05) is 0 Å². The Bertz CT molecular complexity index is 650. The highest BCUT2D eigenvalue weighted by Crippen LogP contribution is 2.34.